The molecule has 2 aliphatic rings. The van der Waals surface area contributed by atoms with Crippen molar-refractivity contribution < 1.29 is 4.79 Å². The van der Waals surface area contributed by atoms with E-state index in [1.165, 1.54) is 0 Å². The fourth-order valence-corrected chi connectivity index (χ4v) is 2.04. The maximum absolute atomic E-state index is 11.8. The van der Waals surface area contributed by atoms with Gasteiger partial charge in [-0.15, -0.1) is 0 Å². The first kappa shape index (κ1) is 8.47. The fraction of sp³-hybridized carbons (Fsp3) is 0.273. The standard InChI is InChI=1S/C11H11N3O/c15-11-7-9-3-1-2-4-10(9)14(11)13-6-5-12-8-13/h1-4,8H,5-7H2. The zero-order chi connectivity index (χ0) is 10.3. The van der Waals surface area contributed by atoms with Crippen LogP contribution in [0, 0.1) is 0 Å². The lowest BCUT2D eigenvalue weighted by atomic mass is 10.2. The van der Waals surface area contributed by atoms with Crippen LogP contribution in [0.2, 0.25) is 0 Å². The average Bonchev–Trinajstić information content (AvgIpc) is 2.82. The van der Waals surface area contributed by atoms with Crippen LogP contribution in [0.5, 0.6) is 0 Å². The molecule has 4 nitrogen and oxygen atoms in total. The van der Waals surface area contributed by atoms with Gasteiger partial charge in [-0.05, 0) is 11.6 Å². The normalized spacial score (nSPS) is 18.8. The van der Waals surface area contributed by atoms with Gasteiger partial charge < -0.3 is 0 Å². The highest BCUT2D eigenvalue weighted by molar-refractivity contribution is 6.02. The summed E-state index contributed by atoms with van der Waals surface area (Å²) in [6.45, 7) is 1.56. The van der Waals surface area contributed by atoms with Crippen LogP contribution in [0.3, 0.4) is 0 Å². The summed E-state index contributed by atoms with van der Waals surface area (Å²) in [6, 6.07) is 7.90. The molecule has 0 fully saturated rings. The number of para-hydroxylation sites is 1. The van der Waals surface area contributed by atoms with Gasteiger partial charge in [-0.3, -0.25) is 14.8 Å². The highest BCUT2D eigenvalue weighted by atomic mass is 16.2. The first-order chi connectivity index (χ1) is 7.36. The second-order valence-corrected chi connectivity index (χ2v) is 3.70. The first-order valence-corrected chi connectivity index (χ1v) is 5.03. The summed E-state index contributed by atoms with van der Waals surface area (Å²) in [5, 5.41) is 3.61. The van der Waals surface area contributed by atoms with E-state index in [0.29, 0.717) is 6.42 Å². The predicted octanol–water partition coefficient (Wildman–Crippen LogP) is 0.835. The zero-order valence-corrected chi connectivity index (χ0v) is 8.26. The van der Waals surface area contributed by atoms with Crippen LogP contribution in [-0.4, -0.2) is 30.3 Å². The molecule has 0 atom stereocenters. The molecule has 1 aromatic rings. The smallest absolute Gasteiger partial charge is 0.250 e. The Morgan fingerprint density at radius 3 is 2.93 bits per heavy atom. The second-order valence-electron chi connectivity index (χ2n) is 3.70. The van der Waals surface area contributed by atoms with Gasteiger partial charge in [0.25, 0.3) is 0 Å². The molecule has 3 rings (SSSR count). The SMILES string of the molecule is O=C1Cc2ccccc2N1N1C=NCC1. The average molecular weight is 201 g/mol. The van der Waals surface area contributed by atoms with Crippen LogP contribution in [0.25, 0.3) is 0 Å². The Kier molecular flexibility index (Phi) is 1.74. The number of amides is 1. The van der Waals surface area contributed by atoms with Crippen molar-refractivity contribution in [2.75, 3.05) is 18.1 Å². The Balaban J connectivity index is 2.02. The zero-order valence-electron chi connectivity index (χ0n) is 8.26. The molecule has 0 spiro atoms. The quantitative estimate of drug-likeness (QED) is 0.674. The summed E-state index contributed by atoms with van der Waals surface area (Å²) in [4.78, 5) is 16.0. The first-order valence-electron chi connectivity index (χ1n) is 5.03. The summed E-state index contributed by atoms with van der Waals surface area (Å²) in [5.41, 5.74) is 2.10. The molecule has 0 N–H and O–H groups in total. The van der Waals surface area contributed by atoms with E-state index in [4.69, 9.17) is 0 Å². The Morgan fingerprint density at radius 1 is 1.27 bits per heavy atom. The maximum atomic E-state index is 11.8. The number of hydrogen-bond acceptors (Lipinski definition) is 3. The number of carbonyl (C=O) groups is 1. The van der Waals surface area contributed by atoms with Crippen LogP contribution in [0.1, 0.15) is 5.56 Å². The minimum absolute atomic E-state index is 0.129. The second kappa shape index (κ2) is 3.08. The number of carbonyl (C=O) groups excluding carboxylic acids is 1. The van der Waals surface area contributed by atoms with Crippen molar-refractivity contribution in [3.63, 3.8) is 0 Å². The van der Waals surface area contributed by atoms with Gasteiger partial charge >= 0.3 is 0 Å². The predicted molar refractivity (Wildman–Crippen MR) is 57.7 cm³/mol. The molecule has 15 heavy (non-hydrogen) atoms. The van der Waals surface area contributed by atoms with Crippen LogP contribution in [0.15, 0.2) is 29.3 Å². The summed E-state index contributed by atoms with van der Waals surface area (Å²) < 4.78 is 0. The Morgan fingerprint density at radius 2 is 2.13 bits per heavy atom. The summed E-state index contributed by atoms with van der Waals surface area (Å²) >= 11 is 0. The molecule has 0 bridgehead atoms. The van der Waals surface area contributed by atoms with E-state index in [9.17, 15) is 4.79 Å². The van der Waals surface area contributed by atoms with Gasteiger partial charge in [0, 0.05) is 0 Å². The van der Waals surface area contributed by atoms with Crippen LogP contribution in [-0.2, 0) is 11.2 Å². The van der Waals surface area contributed by atoms with Crippen LogP contribution < -0.4 is 5.01 Å². The Hall–Kier alpha value is -1.84. The third-order valence-corrected chi connectivity index (χ3v) is 2.73. The number of hydrogen-bond donors (Lipinski definition) is 0. The fourth-order valence-electron chi connectivity index (χ4n) is 2.04. The van der Waals surface area contributed by atoms with E-state index in [1.54, 1.807) is 11.3 Å². The molecular weight excluding hydrogens is 190 g/mol. The summed E-state index contributed by atoms with van der Waals surface area (Å²) in [6.07, 6.45) is 2.24. The van der Waals surface area contributed by atoms with Crippen molar-refractivity contribution in [3.8, 4) is 0 Å². The maximum Gasteiger partial charge on any atom is 0.250 e. The third-order valence-electron chi connectivity index (χ3n) is 2.73. The lowest BCUT2D eigenvalue weighted by molar-refractivity contribution is -0.119. The molecule has 2 heterocycles. The van der Waals surface area contributed by atoms with Gasteiger partial charge in [0.05, 0.1) is 25.2 Å². The third kappa shape index (κ3) is 1.21. The van der Waals surface area contributed by atoms with Crippen molar-refractivity contribution in [1.82, 2.24) is 5.01 Å². The lowest BCUT2D eigenvalue weighted by Crippen LogP contribution is -2.42. The molecule has 0 aromatic heterocycles. The van der Waals surface area contributed by atoms with E-state index in [-0.39, 0.29) is 5.91 Å². The van der Waals surface area contributed by atoms with Crippen molar-refractivity contribution >= 4 is 17.9 Å². The molecule has 0 saturated carbocycles. The molecule has 1 amide bonds. The van der Waals surface area contributed by atoms with E-state index in [0.717, 1.165) is 24.3 Å². The molecule has 0 unspecified atom stereocenters. The molecule has 0 saturated heterocycles. The number of rotatable bonds is 1. The molecule has 1 aromatic carbocycles. The van der Waals surface area contributed by atoms with Crippen molar-refractivity contribution in [2.24, 2.45) is 4.99 Å². The van der Waals surface area contributed by atoms with E-state index in [1.807, 2.05) is 29.3 Å². The molecular formula is C11H11N3O. The van der Waals surface area contributed by atoms with Crippen LogP contribution in [0.4, 0.5) is 5.69 Å². The lowest BCUT2D eigenvalue weighted by Gasteiger charge is -2.26. The number of fused-ring (bicyclic) bond motifs is 1. The highest BCUT2D eigenvalue weighted by Gasteiger charge is 2.31. The van der Waals surface area contributed by atoms with Gasteiger partial charge in [0.15, 0.2) is 0 Å². The van der Waals surface area contributed by atoms with Crippen molar-refractivity contribution in [3.05, 3.63) is 29.8 Å². The van der Waals surface area contributed by atoms with Crippen LogP contribution >= 0.6 is 0 Å². The molecule has 4 heteroatoms. The van der Waals surface area contributed by atoms with Gasteiger partial charge in [0.2, 0.25) is 5.91 Å². The number of nitrogens with zero attached hydrogens (tertiary/aromatic N) is 3. The number of anilines is 1. The largest absolute Gasteiger partial charge is 0.272 e. The number of aliphatic imine (C=N–C) groups is 1. The van der Waals surface area contributed by atoms with Gasteiger partial charge in [-0.2, -0.15) is 0 Å². The number of benzene rings is 1. The van der Waals surface area contributed by atoms with E-state index < -0.39 is 0 Å². The minimum atomic E-state index is 0.129. The molecule has 76 valence electrons. The summed E-state index contributed by atoms with van der Waals surface area (Å²) in [7, 11) is 0. The van der Waals surface area contributed by atoms with E-state index >= 15 is 0 Å². The summed E-state index contributed by atoms with van der Waals surface area (Å²) in [5.74, 6) is 0.129. The monoisotopic (exact) mass is 201 g/mol. The van der Waals surface area contributed by atoms with E-state index in [2.05, 4.69) is 4.99 Å². The Bertz CT molecular complexity index is 441. The van der Waals surface area contributed by atoms with Crippen molar-refractivity contribution in [1.29, 1.82) is 0 Å². The van der Waals surface area contributed by atoms with Crippen molar-refractivity contribution in [2.45, 2.75) is 6.42 Å². The number of hydrazine groups is 1. The molecule has 0 aliphatic carbocycles. The molecule has 2 aliphatic heterocycles. The minimum Gasteiger partial charge on any atom is -0.272 e. The molecule has 0 radical (unpaired) electrons. The van der Waals surface area contributed by atoms with Gasteiger partial charge in [0.1, 0.15) is 6.34 Å². The van der Waals surface area contributed by atoms with Gasteiger partial charge in [-0.1, -0.05) is 18.2 Å². The topological polar surface area (TPSA) is 35.9 Å². The highest BCUT2D eigenvalue weighted by Crippen LogP contribution is 2.29. The van der Waals surface area contributed by atoms with Gasteiger partial charge in [-0.25, -0.2) is 5.01 Å². The Labute approximate surface area is 87.8 Å².